The molecule has 0 saturated carbocycles. The van der Waals surface area contributed by atoms with Crippen molar-refractivity contribution in [1.29, 1.82) is 0 Å². The van der Waals surface area contributed by atoms with E-state index in [4.69, 9.17) is 9.97 Å². The molecule has 22 heavy (non-hydrogen) atoms. The van der Waals surface area contributed by atoms with Crippen LogP contribution in [0.4, 0.5) is 5.95 Å². The highest BCUT2D eigenvalue weighted by atomic mass is 15.3. The number of rotatable bonds is 2. The standard InChI is InChI=1S/C18H28N4/c1-14-11-16(21-9-5-6-10-21)13-22(14)18-19-12-15-7-3-2-4-8-17(15)20-18/h12,14,16H,2-11,13H2,1H3. The number of anilines is 1. The van der Waals surface area contributed by atoms with Crippen LogP contribution in [-0.4, -0.2) is 46.6 Å². The van der Waals surface area contributed by atoms with Gasteiger partial charge in [0.25, 0.3) is 0 Å². The first-order valence-corrected chi connectivity index (χ1v) is 9.17. The summed E-state index contributed by atoms with van der Waals surface area (Å²) in [5.74, 6) is 0.981. The number of hydrogen-bond acceptors (Lipinski definition) is 4. The molecule has 2 atom stereocenters. The molecule has 2 aliphatic heterocycles. The number of aryl methyl sites for hydroxylation is 2. The molecule has 0 bridgehead atoms. The fourth-order valence-corrected chi connectivity index (χ4v) is 4.43. The molecule has 2 saturated heterocycles. The van der Waals surface area contributed by atoms with E-state index in [2.05, 4.69) is 22.9 Å². The molecule has 3 heterocycles. The maximum absolute atomic E-state index is 4.96. The lowest BCUT2D eigenvalue weighted by Crippen LogP contribution is -2.36. The Morgan fingerprint density at radius 1 is 1.05 bits per heavy atom. The maximum Gasteiger partial charge on any atom is 0.225 e. The van der Waals surface area contributed by atoms with Crippen LogP contribution < -0.4 is 4.90 Å². The van der Waals surface area contributed by atoms with Gasteiger partial charge in [-0.15, -0.1) is 0 Å². The lowest BCUT2D eigenvalue weighted by atomic mass is 10.1. The summed E-state index contributed by atoms with van der Waals surface area (Å²) in [5, 5.41) is 0. The Bertz CT molecular complexity index is 524. The van der Waals surface area contributed by atoms with E-state index in [-0.39, 0.29) is 0 Å². The van der Waals surface area contributed by atoms with Gasteiger partial charge in [-0.2, -0.15) is 0 Å². The molecule has 2 unspecified atom stereocenters. The quantitative estimate of drug-likeness (QED) is 0.786. The van der Waals surface area contributed by atoms with E-state index >= 15 is 0 Å². The van der Waals surface area contributed by atoms with E-state index in [1.807, 2.05) is 0 Å². The van der Waals surface area contributed by atoms with Crippen molar-refractivity contribution >= 4 is 5.95 Å². The van der Waals surface area contributed by atoms with Crippen LogP contribution in [0.3, 0.4) is 0 Å². The first-order valence-electron chi connectivity index (χ1n) is 9.17. The summed E-state index contributed by atoms with van der Waals surface area (Å²) in [6, 6.07) is 1.27. The molecule has 3 aliphatic rings. The minimum Gasteiger partial charge on any atom is -0.336 e. The van der Waals surface area contributed by atoms with Gasteiger partial charge in [-0.1, -0.05) is 6.42 Å². The second-order valence-electron chi connectivity index (χ2n) is 7.34. The SMILES string of the molecule is CC1CC(N2CCCC2)CN1c1ncc2c(n1)CCCCC2. The third-order valence-electron chi connectivity index (χ3n) is 5.77. The molecule has 0 spiro atoms. The maximum atomic E-state index is 4.96. The van der Waals surface area contributed by atoms with Crippen molar-refractivity contribution < 1.29 is 0 Å². The second kappa shape index (κ2) is 6.15. The lowest BCUT2D eigenvalue weighted by molar-refractivity contribution is 0.257. The van der Waals surface area contributed by atoms with E-state index < -0.39 is 0 Å². The summed E-state index contributed by atoms with van der Waals surface area (Å²) >= 11 is 0. The Kier molecular flexibility index (Phi) is 4.03. The van der Waals surface area contributed by atoms with Crippen molar-refractivity contribution in [2.75, 3.05) is 24.5 Å². The predicted octanol–water partition coefficient (Wildman–Crippen LogP) is 2.81. The average Bonchev–Trinajstić information content (AvgIpc) is 3.11. The molecule has 1 aliphatic carbocycles. The first kappa shape index (κ1) is 14.4. The van der Waals surface area contributed by atoms with Crippen LogP contribution in [0.15, 0.2) is 6.20 Å². The van der Waals surface area contributed by atoms with Gasteiger partial charge in [-0.05, 0) is 70.5 Å². The van der Waals surface area contributed by atoms with Gasteiger partial charge in [-0.3, -0.25) is 4.90 Å². The van der Waals surface area contributed by atoms with Gasteiger partial charge < -0.3 is 4.90 Å². The van der Waals surface area contributed by atoms with E-state index in [1.54, 1.807) is 0 Å². The largest absolute Gasteiger partial charge is 0.336 e. The molecular formula is C18H28N4. The number of fused-ring (bicyclic) bond motifs is 1. The van der Waals surface area contributed by atoms with Gasteiger partial charge in [0.1, 0.15) is 0 Å². The molecule has 2 fully saturated rings. The molecule has 0 N–H and O–H groups in total. The Morgan fingerprint density at radius 3 is 2.73 bits per heavy atom. The van der Waals surface area contributed by atoms with Crippen LogP contribution in [-0.2, 0) is 12.8 Å². The Balaban J connectivity index is 1.52. The minimum absolute atomic E-state index is 0.564. The molecule has 1 aromatic rings. The molecule has 4 nitrogen and oxygen atoms in total. The van der Waals surface area contributed by atoms with Crippen molar-refractivity contribution in [2.45, 2.75) is 70.4 Å². The fourth-order valence-electron chi connectivity index (χ4n) is 4.43. The molecule has 120 valence electrons. The van der Waals surface area contributed by atoms with Crippen LogP contribution in [0.5, 0.6) is 0 Å². The van der Waals surface area contributed by atoms with Crippen molar-refractivity contribution in [1.82, 2.24) is 14.9 Å². The highest BCUT2D eigenvalue weighted by Gasteiger charge is 2.35. The number of likely N-dealkylation sites (tertiary alicyclic amines) is 1. The molecule has 0 aromatic carbocycles. The summed E-state index contributed by atoms with van der Waals surface area (Å²) in [6.45, 7) is 6.03. The fraction of sp³-hybridized carbons (Fsp3) is 0.778. The van der Waals surface area contributed by atoms with E-state index in [0.717, 1.165) is 18.9 Å². The van der Waals surface area contributed by atoms with Gasteiger partial charge in [0.15, 0.2) is 0 Å². The van der Waals surface area contributed by atoms with Crippen molar-refractivity contribution in [3.05, 3.63) is 17.5 Å². The summed E-state index contributed by atoms with van der Waals surface area (Å²) in [7, 11) is 0. The van der Waals surface area contributed by atoms with Gasteiger partial charge in [0, 0.05) is 30.5 Å². The second-order valence-corrected chi connectivity index (χ2v) is 7.34. The molecule has 4 rings (SSSR count). The zero-order valence-corrected chi connectivity index (χ0v) is 13.8. The lowest BCUT2D eigenvalue weighted by Gasteiger charge is -2.24. The molecule has 4 heteroatoms. The van der Waals surface area contributed by atoms with E-state index in [9.17, 15) is 0 Å². The average molecular weight is 300 g/mol. The minimum atomic E-state index is 0.564. The summed E-state index contributed by atoms with van der Waals surface area (Å²) in [5.41, 5.74) is 2.71. The van der Waals surface area contributed by atoms with Gasteiger partial charge >= 0.3 is 0 Å². The van der Waals surface area contributed by atoms with Crippen LogP contribution in [0.1, 0.15) is 56.7 Å². The van der Waals surface area contributed by atoms with Gasteiger partial charge in [-0.25, -0.2) is 9.97 Å². The van der Waals surface area contributed by atoms with Crippen LogP contribution in [0.2, 0.25) is 0 Å². The van der Waals surface area contributed by atoms with E-state index in [0.29, 0.717) is 12.1 Å². The number of nitrogens with zero attached hydrogens (tertiary/aromatic N) is 4. The molecule has 0 amide bonds. The summed E-state index contributed by atoms with van der Waals surface area (Å²) < 4.78 is 0. The monoisotopic (exact) mass is 300 g/mol. The normalized spacial score (nSPS) is 29.6. The van der Waals surface area contributed by atoms with Crippen molar-refractivity contribution in [3.8, 4) is 0 Å². The Labute approximate surface area is 133 Å². The predicted molar refractivity (Wildman–Crippen MR) is 89.3 cm³/mol. The zero-order valence-electron chi connectivity index (χ0n) is 13.8. The third-order valence-corrected chi connectivity index (χ3v) is 5.77. The van der Waals surface area contributed by atoms with Crippen LogP contribution in [0, 0.1) is 0 Å². The van der Waals surface area contributed by atoms with Crippen molar-refractivity contribution in [2.24, 2.45) is 0 Å². The Morgan fingerprint density at radius 2 is 1.86 bits per heavy atom. The molecule has 0 radical (unpaired) electrons. The van der Waals surface area contributed by atoms with Gasteiger partial charge in [0.05, 0.1) is 0 Å². The molecule has 1 aromatic heterocycles. The topological polar surface area (TPSA) is 32.3 Å². The highest BCUT2D eigenvalue weighted by molar-refractivity contribution is 5.37. The van der Waals surface area contributed by atoms with Crippen LogP contribution >= 0.6 is 0 Å². The first-order chi connectivity index (χ1) is 10.8. The third kappa shape index (κ3) is 2.73. The summed E-state index contributed by atoms with van der Waals surface area (Å²) in [6.07, 6.45) is 12.4. The summed E-state index contributed by atoms with van der Waals surface area (Å²) in [4.78, 5) is 14.8. The van der Waals surface area contributed by atoms with Gasteiger partial charge in [0.2, 0.25) is 5.95 Å². The highest BCUT2D eigenvalue weighted by Crippen LogP contribution is 2.29. The van der Waals surface area contributed by atoms with Crippen molar-refractivity contribution in [3.63, 3.8) is 0 Å². The Hall–Kier alpha value is -1.16. The van der Waals surface area contributed by atoms with Crippen LogP contribution in [0.25, 0.3) is 0 Å². The smallest absolute Gasteiger partial charge is 0.225 e. The zero-order chi connectivity index (χ0) is 14.9. The van der Waals surface area contributed by atoms with E-state index in [1.165, 1.54) is 69.3 Å². The number of hydrogen-bond donors (Lipinski definition) is 0. The number of aromatic nitrogens is 2. The molecular weight excluding hydrogens is 272 g/mol.